The van der Waals surface area contributed by atoms with Gasteiger partial charge in [-0.3, -0.25) is 4.79 Å². The third-order valence-electron chi connectivity index (χ3n) is 3.83. The van der Waals surface area contributed by atoms with Gasteiger partial charge >= 0.3 is 0 Å². The van der Waals surface area contributed by atoms with Gasteiger partial charge in [0.25, 0.3) is 0 Å². The highest BCUT2D eigenvalue weighted by molar-refractivity contribution is 8.00. The molecule has 2 aromatic carbocycles. The van der Waals surface area contributed by atoms with E-state index in [0.717, 1.165) is 21.5 Å². The van der Waals surface area contributed by atoms with Crippen LogP contribution in [0.1, 0.15) is 12.5 Å². The molecule has 0 aliphatic heterocycles. The Kier molecular flexibility index (Phi) is 5.98. The fraction of sp³-hybridized carbons (Fsp3) is 0.158. The third-order valence-corrected chi connectivity index (χ3v) is 5.89. The molecule has 3 rings (SSSR count). The summed E-state index contributed by atoms with van der Waals surface area (Å²) in [5, 5.41) is 5.33. The van der Waals surface area contributed by atoms with Crippen LogP contribution in [0.4, 0.5) is 5.69 Å². The lowest BCUT2D eigenvalue weighted by Gasteiger charge is -2.14. The molecule has 1 aromatic heterocycles. The minimum absolute atomic E-state index is 0.192. The molecule has 0 saturated heterocycles. The minimum atomic E-state index is -0.367. The Labute approximate surface area is 171 Å². The molecule has 134 valence electrons. The number of halogens is 3. The van der Waals surface area contributed by atoms with Crippen LogP contribution in [-0.4, -0.2) is 16.1 Å². The molecule has 0 aliphatic carbocycles. The lowest BCUT2D eigenvalue weighted by Crippen LogP contribution is -2.22. The number of aryl methyl sites for hydroxylation is 1. The monoisotopic (exact) mass is 424 g/mol. The number of thioether (sulfide) groups is 1. The second kappa shape index (κ2) is 8.05. The molecule has 26 heavy (non-hydrogen) atoms. The molecule has 0 radical (unpaired) electrons. The largest absolute Gasteiger partial charge is 0.324 e. The van der Waals surface area contributed by atoms with E-state index in [1.54, 1.807) is 6.07 Å². The third kappa shape index (κ3) is 4.26. The first kappa shape index (κ1) is 19.3. The lowest BCUT2D eigenvalue weighted by molar-refractivity contribution is -0.115. The average Bonchev–Trinajstić information content (AvgIpc) is 2.59. The van der Waals surface area contributed by atoms with E-state index in [-0.39, 0.29) is 11.2 Å². The van der Waals surface area contributed by atoms with Gasteiger partial charge in [0.2, 0.25) is 5.91 Å². The van der Waals surface area contributed by atoms with Crippen molar-refractivity contribution in [3.8, 4) is 0 Å². The topological polar surface area (TPSA) is 42.0 Å². The number of hydrogen-bond acceptors (Lipinski definition) is 3. The van der Waals surface area contributed by atoms with Crippen molar-refractivity contribution in [3.05, 3.63) is 63.1 Å². The quantitative estimate of drug-likeness (QED) is 0.377. The normalized spacial score (nSPS) is 12.2. The molecule has 0 unspecified atom stereocenters. The van der Waals surface area contributed by atoms with Gasteiger partial charge in [-0.2, -0.15) is 0 Å². The number of carbonyl (C=O) groups is 1. The SMILES string of the molecule is Cc1cc(S[C@@H](C)C(=O)Nc2cc(Cl)c(Cl)cc2Cl)nc2ccccc12. The predicted octanol–water partition coefficient (Wildman–Crippen LogP) is 6.62. The number of aromatic nitrogens is 1. The summed E-state index contributed by atoms with van der Waals surface area (Å²) in [6.45, 7) is 3.85. The molecule has 3 nitrogen and oxygen atoms in total. The van der Waals surface area contributed by atoms with Crippen LogP contribution < -0.4 is 5.32 Å². The smallest absolute Gasteiger partial charge is 0.237 e. The summed E-state index contributed by atoms with van der Waals surface area (Å²) in [5.74, 6) is -0.192. The molecule has 1 atom stereocenters. The molecule has 1 N–H and O–H groups in total. The lowest BCUT2D eigenvalue weighted by atomic mass is 10.1. The van der Waals surface area contributed by atoms with E-state index in [0.29, 0.717) is 20.8 Å². The van der Waals surface area contributed by atoms with Crippen molar-refractivity contribution < 1.29 is 4.79 Å². The Morgan fingerprint density at radius 2 is 1.77 bits per heavy atom. The number of benzene rings is 2. The number of anilines is 1. The first-order valence-corrected chi connectivity index (χ1v) is 9.85. The predicted molar refractivity (Wildman–Crippen MR) is 112 cm³/mol. The number of nitrogens with zero attached hydrogens (tertiary/aromatic N) is 1. The Morgan fingerprint density at radius 1 is 1.08 bits per heavy atom. The number of hydrogen-bond donors (Lipinski definition) is 1. The van der Waals surface area contributed by atoms with Crippen molar-refractivity contribution in [2.45, 2.75) is 24.1 Å². The molecule has 7 heteroatoms. The van der Waals surface area contributed by atoms with Gasteiger partial charge in [0.05, 0.1) is 36.5 Å². The maximum atomic E-state index is 12.5. The molecule has 0 spiro atoms. The van der Waals surface area contributed by atoms with E-state index in [1.165, 1.54) is 17.8 Å². The summed E-state index contributed by atoms with van der Waals surface area (Å²) in [6, 6.07) is 13.0. The van der Waals surface area contributed by atoms with E-state index in [9.17, 15) is 4.79 Å². The summed E-state index contributed by atoms with van der Waals surface area (Å²) in [7, 11) is 0. The molecule has 1 amide bonds. The van der Waals surface area contributed by atoms with Gasteiger partial charge in [-0.15, -0.1) is 0 Å². The van der Waals surface area contributed by atoms with Crippen molar-refractivity contribution in [1.82, 2.24) is 4.98 Å². The van der Waals surface area contributed by atoms with E-state index in [1.807, 2.05) is 44.2 Å². The van der Waals surface area contributed by atoms with Gasteiger partial charge in [-0.05, 0) is 43.7 Å². The highest BCUT2D eigenvalue weighted by atomic mass is 35.5. The van der Waals surface area contributed by atoms with Gasteiger partial charge in [0, 0.05) is 5.39 Å². The fourth-order valence-electron chi connectivity index (χ4n) is 2.47. The Bertz CT molecular complexity index is 994. The maximum Gasteiger partial charge on any atom is 0.237 e. The second-order valence-electron chi connectivity index (χ2n) is 5.79. The van der Waals surface area contributed by atoms with Crippen LogP contribution >= 0.6 is 46.6 Å². The summed E-state index contributed by atoms with van der Waals surface area (Å²) in [5.41, 5.74) is 2.47. The van der Waals surface area contributed by atoms with E-state index < -0.39 is 0 Å². The van der Waals surface area contributed by atoms with Crippen molar-refractivity contribution in [1.29, 1.82) is 0 Å². The average molecular weight is 426 g/mol. The number of rotatable bonds is 4. The zero-order chi connectivity index (χ0) is 18.8. The van der Waals surface area contributed by atoms with E-state index in [2.05, 4.69) is 10.3 Å². The van der Waals surface area contributed by atoms with Crippen LogP contribution in [0, 0.1) is 6.92 Å². The van der Waals surface area contributed by atoms with Crippen molar-refractivity contribution in [2.75, 3.05) is 5.32 Å². The number of amides is 1. The molecule has 3 aromatic rings. The van der Waals surface area contributed by atoms with Crippen LogP contribution in [0.15, 0.2) is 47.5 Å². The van der Waals surface area contributed by atoms with E-state index in [4.69, 9.17) is 34.8 Å². The van der Waals surface area contributed by atoms with Gasteiger partial charge in [0.1, 0.15) is 0 Å². The van der Waals surface area contributed by atoms with Crippen LogP contribution in [0.2, 0.25) is 15.1 Å². The van der Waals surface area contributed by atoms with Gasteiger partial charge in [-0.1, -0.05) is 64.8 Å². The summed E-state index contributed by atoms with van der Waals surface area (Å²) in [4.78, 5) is 17.1. The van der Waals surface area contributed by atoms with Gasteiger partial charge < -0.3 is 5.32 Å². The van der Waals surface area contributed by atoms with Gasteiger partial charge in [-0.25, -0.2) is 4.98 Å². The second-order valence-corrected chi connectivity index (χ2v) is 8.37. The summed E-state index contributed by atoms with van der Waals surface area (Å²) < 4.78 is 0. The number of nitrogens with one attached hydrogen (secondary N) is 1. The Hall–Kier alpha value is -1.46. The zero-order valence-electron chi connectivity index (χ0n) is 14.0. The number of carbonyl (C=O) groups excluding carboxylic acids is 1. The highest BCUT2D eigenvalue weighted by Crippen LogP contribution is 2.33. The van der Waals surface area contributed by atoms with Crippen LogP contribution in [0.3, 0.4) is 0 Å². The molecular weight excluding hydrogens is 411 g/mol. The Morgan fingerprint density at radius 3 is 2.54 bits per heavy atom. The van der Waals surface area contributed by atoms with Crippen LogP contribution in [0.25, 0.3) is 10.9 Å². The van der Waals surface area contributed by atoms with Crippen molar-refractivity contribution >= 4 is 69.1 Å². The van der Waals surface area contributed by atoms with Crippen molar-refractivity contribution in [3.63, 3.8) is 0 Å². The van der Waals surface area contributed by atoms with E-state index >= 15 is 0 Å². The molecule has 0 fully saturated rings. The summed E-state index contributed by atoms with van der Waals surface area (Å²) >= 11 is 19.4. The van der Waals surface area contributed by atoms with Crippen LogP contribution in [0.5, 0.6) is 0 Å². The highest BCUT2D eigenvalue weighted by Gasteiger charge is 2.18. The number of pyridine rings is 1. The molecule has 0 aliphatic rings. The molecule has 1 heterocycles. The minimum Gasteiger partial charge on any atom is -0.324 e. The molecular formula is C19H15Cl3N2OS. The number of para-hydroxylation sites is 1. The zero-order valence-corrected chi connectivity index (χ0v) is 17.1. The molecule has 0 saturated carbocycles. The first-order valence-electron chi connectivity index (χ1n) is 7.83. The Balaban J connectivity index is 1.76. The summed E-state index contributed by atoms with van der Waals surface area (Å²) in [6.07, 6.45) is 0. The number of fused-ring (bicyclic) bond motifs is 1. The fourth-order valence-corrected chi connectivity index (χ4v) is 3.98. The maximum absolute atomic E-state index is 12.5. The molecule has 0 bridgehead atoms. The van der Waals surface area contributed by atoms with Gasteiger partial charge in [0.15, 0.2) is 0 Å². The van der Waals surface area contributed by atoms with Crippen molar-refractivity contribution in [2.24, 2.45) is 0 Å². The van der Waals surface area contributed by atoms with Crippen LogP contribution in [-0.2, 0) is 4.79 Å². The first-order chi connectivity index (χ1) is 12.3. The standard InChI is InChI=1S/C19H15Cl3N2OS/c1-10-7-18(23-16-6-4-3-5-12(10)16)26-11(2)19(25)24-17-9-14(21)13(20)8-15(17)22/h3-9,11H,1-2H3,(H,24,25)/t11-/m0/s1.